The smallest absolute Gasteiger partial charge is 0.257 e. The highest BCUT2D eigenvalue weighted by molar-refractivity contribution is 5.82. The van der Waals surface area contributed by atoms with Gasteiger partial charge in [0, 0.05) is 6.54 Å². The first-order valence-electron chi connectivity index (χ1n) is 8.20. The molecule has 0 radical (unpaired) electrons. The second-order valence-electron chi connectivity index (χ2n) is 5.56. The van der Waals surface area contributed by atoms with E-state index >= 15 is 0 Å². The number of furan rings is 1. The summed E-state index contributed by atoms with van der Waals surface area (Å²) in [5.74, 6) is 0.227. The van der Waals surface area contributed by atoms with Gasteiger partial charge in [-0.25, -0.2) is 0 Å². The van der Waals surface area contributed by atoms with Crippen molar-refractivity contribution in [2.45, 2.75) is 19.8 Å². The maximum absolute atomic E-state index is 12.8. The molecule has 0 aliphatic rings. The molecule has 0 saturated carbocycles. The van der Waals surface area contributed by atoms with Crippen LogP contribution in [-0.2, 0) is 4.79 Å². The lowest BCUT2D eigenvalue weighted by Crippen LogP contribution is -2.30. The highest BCUT2D eigenvalue weighted by Crippen LogP contribution is 2.30. The number of benzene rings is 1. The zero-order valence-corrected chi connectivity index (χ0v) is 13.9. The lowest BCUT2D eigenvalue weighted by Gasteiger charge is -2.10. The Morgan fingerprint density at radius 2 is 2.04 bits per heavy atom. The van der Waals surface area contributed by atoms with Crippen molar-refractivity contribution in [3.05, 3.63) is 52.9 Å². The van der Waals surface area contributed by atoms with Crippen LogP contribution in [0.25, 0.3) is 22.5 Å². The summed E-state index contributed by atoms with van der Waals surface area (Å²) in [5, 5.41) is 3.13. The molecule has 130 valence electrons. The minimum absolute atomic E-state index is 0.0284. The number of fused-ring (bicyclic) bond motifs is 1. The molecule has 0 unspecified atom stereocenters. The average Bonchev–Trinajstić information content (AvgIpc) is 3.15. The van der Waals surface area contributed by atoms with E-state index in [1.165, 1.54) is 6.26 Å². The Hall–Kier alpha value is -3.02. The monoisotopic (exact) mass is 341 g/mol. The van der Waals surface area contributed by atoms with E-state index in [2.05, 4.69) is 5.32 Å². The Kier molecular flexibility index (Phi) is 5.18. The van der Waals surface area contributed by atoms with Crippen LogP contribution in [0.3, 0.4) is 0 Å². The van der Waals surface area contributed by atoms with Crippen LogP contribution in [0.2, 0.25) is 0 Å². The third-order valence-corrected chi connectivity index (χ3v) is 3.70. The average molecular weight is 341 g/mol. The van der Waals surface area contributed by atoms with Gasteiger partial charge in [0.05, 0.1) is 11.6 Å². The highest BCUT2D eigenvalue weighted by atomic mass is 16.5. The molecule has 0 aliphatic heterocycles. The van der Waals surface area contributed by atoms with Crippen molar-refractivity contribution in [2.75, 3.05) is 13.2 Å². The van der Waals surface area contributed by atoms with Crippen molar-refractivity contribution < 1.29 is 18.4 Å². The molecule has 2 aromatic heterocycles. The van der Waals surface area contributed by atoms with Crippen molar-refractivity contribution >= 4 is 16.9 Å². The first-order chi connectivity index (χ1) is 12.2. The van der Waals surface area contributed by atoms with Crippen molar-refractivity contribution in [3.8, 4) is 17.3 Å². The third-order valence-electron chi connectivity index (χ3n) is 3.70. The molecule has 1 N–H and O–H groups in total. The van der Waals surface area contributed by atoms with E-state index in [9.17, 15) is 9.59 Å². The number of unbranched alkanes of at least 4 members (excludes halogenated alkanes) is 1. The quantitative estimate of drug-likeness (QED) is 0.667. The van der Waals surface area contributed by atoms with E-state index in [1.54, 1.807) is 36.4 Å². The van der Waals surface area contributed by atoms with E-state index in [4.69, 9.17) is 13.6 Å². The number of hydrogen-bond donors (Lipinski definition) is 1. The molecule has 6 heteroatoms. The Balaban J connectivity index is 1.92. The van der Waals surface area contributed by atoms with Gasteiger partial charge in [-0.1, -0.05) is 25.5 Å². The largest absolute Gasteiger partial charge is 0.476 e. The summed E-state index contributed by atoms with van der Waals surface area (Å²) in [4.78, 5) is 24.6. The van der Waals surface area contributed by atoms with Crippen LogP contribution in [0.15, 0.2) is 56.3 Å². The van der Waals surface area contributed by atoms with Crippen LogP contribution in [0, 0.1) is 0 Å². The zero-order valence-electron chi connectivity index (χ0n) is 13.9. The number of nitrogens with one attached hydrogen (secondary N) is 1. The van der Waals surface area contributed by atoms with Gasteiger partial charge in [0.2, 0.25) is 16.9 Å². The number of carbonyl (C=O) groups excluding carboxylic acids is 1. The molecule has 0 atom stereocenters. The van der Waals surface area contributed by atoms with Crippen molar-refractivity contribution in [2.24, 2.45) is 0 Å². The first kappa shape index (κ1) is 16.8. The molecule has 0 saturated heterocycles. The summed E-state index contributed by atoms with van der Waals surface area (Å²) in [6, 6.07) is 10.2. The predicted octanol–water partition coefficient (Wildman–Crippen LogP) is 3.35. The Morgan fingerprint density at radius 3 is 2.80 bits per heavy atom. The van der Waals surface area contributed by atoms with Gasteiger partial charge in [0.25, 0.3) is 5.91 Å². The van der Waals surface area contributed by atoms with E-state index in [0.717, 1.165) is 12.8 Å². The number of rotatable bonds is 7. The third kappa shape index (κ3) is 3.74. The normalized spacial score (nSPS) is 10.8. The van der Waals surface area contributed by atoms with Gasteiger partial charge in [-0.15, -0.1) is 0 Å². The summed E-state index contributed by atoms with van der Waals surface area (Å²) < 4.78 is 16.6. The van der Waals surface area contributed by atoms with Gasteiger partial charge in [-0.3, -0.25) is 9.59 Å². The molecule has 2 heterocycles. The molecule has 3 rings (SSSR count). The lowest BCUT2D eigenvalue weighted by molar-refractivity contribution is -0.123. The lowest BCUT2D eigenvalue weighted by atomic mass is 10.2. The molecule has 25 heavy (non-hydrogen) atoms. The van der Waals surface area contributed by atoms with E-state index < -0.39 is 0 Å². The van der Waals surface area contributed by atoms with E-state index in [0.29, 0.717) is 23.3 Å². The van der Waals surface area contributed by atoms with Crippen molar-refractivity contribution in [1.29, 1.82) is 0 Å². The topological polar surface area (TPSA) is 81.7 Å². The molecule has 1 amide bonds. The second-order valence-corrected chi connectivity index (χ2v) is 5.56. The van der Waals surface area contributed by atoms with Crippen LogP contribution in [0.4, 0.5) is 0 Å². The molecule has 3 aromatic rings. The molecular formula is C19H19NO5. The molecule has 0 spiro atoms. The first-order valence-corrected chi connectivity index (χ1v) is 8.20. The summed E-state index contributed by atoms with van der Waals surface area (Å²) in [5.41, 5.74) is 0.0910. The molecule has 0 fully saturated rings. The fourth-order valence-corrected chi connectivity index (χ4v) is 2.42. The van der Waals surface area contributed by atoms with Crippen LogP contribution >= 0.6 is 0 Å². The SMILES string of the molecule is CCCCNC(=O)COc1c(-c2ccco2)oc2ccccc2c1=O. The summed E-state index contributed by atoms with van der Waals surface area (Å²) >= 11 is 0. The van der Waals surface area contributed by atoms with Crippen LogP contribution in [-0.4, -0.2) is 19.1 Å². The van der Waals surface area contributed by atoms with Crippen LogP contribution in [0.5, 0.6) is 5.75 Å². The Labute approximate surface area is 144 Å². The predicted molar refractivity (Wildman–Crippen MR) is 93.6 cm³/mol. The standard InChI is InChI=1S/C19H19NO5/c1-2-3-10-20-16(21)12-24-19-17(22)13-7-4-5-8-14(13)25-18(19)15-9-6-11-23-15/h4-9,11H,2-3,10,12H2,1H3,(H,20,21). The van der Waals surface area contributed by atoms with Crippen LogP contribution in [0.1, 0.15) is 19.8 Å². The fourth-order valence-electron chi connectivity index (χ4n) is 2.42. The second kappa shape index (κ2) is 7.70. The summed E-state index contributed by atoms with van der Waals surface area (Å²) in [7, 11) is 0. The molecule has 1 aromatic carbocycles. The maximum atomic E-state index is 12.8. The zero-order chi connectivity index (χ0) is 17.6. The van der Waals surface area contributed by atoms with Gasteiger partial charge >= 0.3 is 0 Å². The Bertz CT molecular complexity index is 911. The molecular weight excluding hydrogens is 322 g/mol. The number of para-hydroxylation sites is 1. The number of carbonyl (C=O) groups is 1. The molecule has 0 bridgehead atoms. The Morgan fingerprint density at radius 1 is 1.20 bits per heavy atom. The minimum atomic E-state index is -0.338. The van der Waals surface area contributed by atoms with Gasteiger partial charge in [-0.2, -0.15) is 0 Å². The van der Waals surface area contributed by atoms with Crippen LogP contribution < -0.4 is 15.5 Å². The van der Waals surface area contributed by atoms with Crippen molar-refractivity contribution in [3.63, 3.8) is 0 Å². The fraction of sp³-hybridized carbons (Fsp3) is 0.263. The van der Waals surface area contributed by atoms with Gasteiger partial charge in [-0.05, 0) is 30.7 Å². The summed E-state index contributed by atoms with van der Waals surface area (Å²) in [6.07, 6.45) is 3.35. The van der Waals surface area contributed by atoms with Crippen molar-refractivity contribution in [1.82, 2.24) is 5.32 Å². The number of ether oxygens (including phenoxy) is 1. The van der Waals surface area contributed by atoms with E-state index in [-0.39, 0.29) is 29.5 Å². The van der Waals surface area contributed by atoms with Gasteiger partial charge in [0.15, 0.2) is 12.4 Å². The number of amides is 1. The number of hydrogen-bond acceptors (Lipinski definition) is 5. The van der Waals surface area contributed by atoms with Gasteiger partial charge < -0.3 is 18.9 Å². The molecule has 6 nitrogen and oxygen atoms in total. The minimum Gasteiger partial charge on any atom is -0.476 e. The molecule has 0 aliphatic carbocycles. The maximum Gasteiger partial charge on any atom is 0.257 e. The summed E-state index contributed by atoms with van der Waals surface area (Å²) in [6.45, 7) is 2.36. The highest BCUT2D eigenvalue weighted by Gasteiger charge is 2.20. The van der Waals surface area contributed by atoms with Gasteiger partial charge in [0.1, 0.15) is 5.58 Å². The van der Waals surface area contributed by atoms with E-state index in [1.807, 2.05) is 6.92 Å².